The van der Waals surface area contributed by atoms with Gasteiger partial charge in [0.1, 0.15) is 0 Å². The fraction of sp³-hybridized carbons (Fsp3) is 0.480. The summed E-state index contributed by atoms with van der Waals surface area (Å²) in [7, 11) is -3.37. The Hall–Kier alpha value is -2.58. The number of anilines is 2. The van der Waals surface area contributed by atoms with Crippen molar-refractivity contribution in [2.45, 2.75) is 44.4 Å². The molecule has 2 aromatic carbocycles. The maximum Gasteiger partial charge on any atom is 0.319 e. The third kappa shape index (κ3) is 5.50. The molecule has 0 atom stereocenters. The zero-order valence-corrected chi connectivity index (χ0v) is 20.3. The molecule has 2 fully saturated rings. The number of hydrogen-bond acceptors (Lipinski definition) is 4. The van der Waals surface area contributed by atoms with Crippen LogP contribution in [0.3, 0.4) is 0 Å². The van der Waals surface area contributed by atoms with E-state index < -0.39 is 10.0 Å². The molecule has 0 radical (unpaired) electrons. The molecule has 0 aliphatic carbocycles. The molecule has 0 spiro atoms. The van der Waals surface area contributed by atoms with Gasteiger partial charge >= 0.3 is 6.03 Å². The standard InChI is InChI=1S/C25H34N4O3S/c1-19-6-5-7-20(2)24(19)27-25(30)26-18-21-12-16-28(17-13-21)22-8-10-23(11-9-22)33(31,32)29-14-3-4-15-29/h5-11,21H,3-4,12-18H2,1-2H3,(H2,26,27,30). The number of amides is 2. The second-order valence-corrected chi connectivity index (χ2v) is 11.1. The third-order valence-electron chi connectivity index (χ3n) is 6.79. The lowest BCUT2D eigenvalue weighted by molar-refractivity contribution is 0.248. The summed E-state index contributed by atoms with van der Waals surface area (Å²) >= 11 is 0. The van der Waals surface area contributed by atoms with Crippen LogP contribution in [-0.2, 0) is 10.0 Å². The molecule has 0 saturated carbocycles. The smallest absolute Gasteiger partial charge is 0.319 e. The van der Waals surface area contributed by atoms with Gasteiger partial charge in [-0.05, 0) is 80.8 Å². The van der Waals surface area contributed by atoms with E-state index in [0.29, 0.717) is 30.4 Å². The summed E-state index contributed by atoms with van der Waals surface area (Å²) in [6.07, 6.45) is 3.84. The molecule has 2 heterocycles. The minimum atomic E-state index is -3.37. The highest BCUT2D eigenvalue weighted by Gasteiger charge is 2.27. The van der Waals surface area contributed by atoms with Gasteiger partial charge in [0.15, 0.2) is 0 Å². The first kappa shape index (κ1) is 23.6. The van der Waals surface area contributed by atoms with Gasteiger partial charge in [-0.15, -0.1) is 0 Å². The molecule has 2 saturated heterocycles. The highest BCUT2D eigenvalue weighted by atomic mass is 32.2. The lowest BCUT2D eigenvalue weighted by atomic mass is 9.96. The summed E-state index contributed by atoms with van der Waals surface area (Å²) < 4.78 is 27.0. The summed E-state index contributed by atoms with van der Waals surface area (Å²) in [5, 5.41) is 6.00. The van der Waals surface area contributed by atoms with Crippen LogP contribution >= 0.6 is 0 Å². The van der Waals surface area contributed by atoms with Crippen molar-refractivity contribution < 1.29 is 13.2 Å². The van der Waals surface area contributed by atoms with Gasteiger partial charge in [-0.1, -0.05) is 18.2 Å². The Labute approximate surface area is 197 Å². The van der Waals surface area contributed by atoms with Crippen molar-refractivity contribution >= 4 is 27.4 Å². The average molecular weight is 471 g/mol. The molecular formula is C25H34N4O3S. The molecular weight excluding hydrogens is 436 g/mol. The first-order valence-corrected chi connectivity index (χ1v) is 13.2. The molecule has 178 valence electrons. The minimum Gasteiger partial charge on any atom is -0.372 e. The molecule has 2 aliphatic rings. The summed E-state index contributed by atoms with van der Waals surface area (Å²) in [5.74, 6) is 0.430. The SMILES string of the molecule is Cc1cccc(C)c1NC(=O)NCC1CCN(c2ccc(S(=O)(=O)N3CCCC3)cc2)CC1. The summed E-state index contributed by atoms with van der Waals surface area (Å²) in [5.41, 5.74) is 4.03. The van der Waals surface area contributed by atoms with Crippen LogP contribution in [0.4, 0.5) is 16.2 Å². The van der Waals surface area contributed by atoms with Crippen molar-refractivity contribution in [3.05, 3.63) is 53.6 Å². The van der Waals surface area contributed by atoms with Gasteiger partial charge in [0.25, 0.3) is 0 Å². The molecule has 2 N–H and O–H groups in total. The van der Waals surface area contributed by atoms with E-state index in [2.05, 4.69) is 15.5 Å². The molecule has 2 aliphatic heterocycles. The van der Waals surface area contributed by atoms with Crippen molar-refractivity contribution in [1.29, 1.82) is 0 Å². The van der Waals surface area contributed by atoms with Gasteiger partial charge in [-0.3, -0.25) is 0 Å². The van der Waals surface area contributed by atoms with E-state index in [9.17, 15) is 13.2 Å². The molecule has 0 bridgehead atoms. The number of urea groups is 1. The van der Waals surface area contributed by atoms with Crippen LogP contribution in [0.2, 0.25) is 0 Å². The summed E-state index contributed by atoms with van der Waals surface area (Å²) in [4.78, 5) is 15.0. The van der Waals surface area contributed by atoms with E-state index in [1.807, 2.05) is 44.2 Å². The quantitative estimate of drug-likeness (QED) is 0.665. The Bertz CT molecular complexity index is 1050. The Morgan fingerprint density at radius 2 is 1.55 bits per heavy atom. The van der Waals surface area contributed by atoms with E-state index in [1.165, 1.54) is 0 Å². The van der Waals surface area contributed by atoms with Crippen molar-refractivity contribution in [3.8, 4) is 0 Å². The maximum atomic E-state index is 12.7. The van der Waals surface area contributed by atoms with E-state index >= 15 is 0 Å². The first-order chi connectivity index (χ1) is 15.8. The Morgan fingerprint density at radius 1 is 0.939 bits per heavy atom. The number of aryl methyl sites for hydroxylation is 2. The molecule has 2 aromatic rings. The van der Waals surface area contributed by atoms with E-state index in [4.69, 9.17) is 0 Å². The number of nitrogens with one attached hydrogen (secondary N) is 2. The number of hydrogen-bond donors (Lipinski definition) is 2. The fourth-order valence-electron chi connectivity index (χ4n) is 4.71. The topological polar surface area (TPSA) is 81.8 Å². The molecule has 2 amide bonds. The second kappa shape index (κ2) is 10.1. The average Bonchev–Trinajstić information content (AvgIpc) is 3.37. The van der Waals surface area contributed by atoms with Crippen LogP contribution in [0.1, 0.15) is 36.8 Å². The van der Waals surface area contributed by atoms with E-state index in [1.54, 1.807) is 16.4 Å². The normalized spacial score (nSPS) is 17.8. The van der Waals surface area contributed by atoms with Gasteiger partial charge in [-0.2, -0.15) is 4.31 Å². The highest BCUT2D eigenvalue weighted by Crippen LogP contribution is 2.26. The van der Waals surface area contributed by atoms with E-state index in [-0.39, 0.29) is 6.03 Å². The predicted octanol–water partition coefficient (Wildman–Crippen LogP) is 4.13. The molecule has 4 rings (SSSR count). The van der Waals surface area contributed by atoms with Crippen molar-refractivity contribution in [2.75, 3.05) is 42.9 Å². The highest BCUT2D eigenvalue weighted by molar-refractivity contribution is 7.89. The number of piperidine rings is 1. The van der Waals surface area contributed by atoms with Crippen molar-refractivity contribution in [3.63, 3.8) is 0 Å². The van der Waals surface area contributed by atoms with Gasteiger partial charge < -0.3 is 15.5 Å². The Morgan fingerprint density at radius 3 is 2.15 bits per heavy atom. The predicted molar refractivity (Wildman–Crippen MR) is 132 cm³/mol. The molecule has 0 aromatic heterocycles. The number of para-hydroxylation sites is 1. The van der Waals surface area contributed by atoms with Crippen LogP contribution in [-0.4, -0.2) is 51.5 Å². The van der Waals surface area contributed by atoms with Crippen molar-refractivity contribution in [1.82, 2.24) is 9.62 Å². The van der Waals surface area contributed by atoms with Crippen LogP contribution in [0.15, 0.2) is 47.4 Å². The molecule has 7 nitrogen and oxygen atoms in total. The second-order valence-electron chi connectivity index (χ2n) is 9.14. The van der Waals surface area contributed by atoms with Gasteiger partial charge in [0.2, 0.25) is 10.0 Å². The number of benzene rings is 2. The van der Waals surface area contributed by atoms with Crippen LogP contribution in [0.5, 0.6) is 0 Å². The number of carbonyl (C=O) groups is 1. The summed E-state index contributed by atoms with van der Waals surface area (Å²) in [6.45, 7) is 7.66. The largest absolute Gasteiger partial charge is 0.372 e. The number of sulfonamides is 1. The lowest BCUT2D eigenvalue weighted by Crippen LogP contribution is -2.40. The van der Waals surface area contributed by atoms with Crippen molar-refractivity contribution in [2.24, 2.45) is 5.92 Å². The number of carbonyl (C=O) groups excluding carboxylic acids is 1. The number of rotatable bonds is 6. The summed E-state index contributed by atoms with van der Waals surface area (Å²) in [6, 6.07) is 13.1. The Kier molecular flexibility index (Phi) is 7.24. The number of nitrogens with zero attached hydrogens (tertiary/aromatic N) is 2. The van der Waals surface area contributed by atoms with Crippen LogP contribution in [0, 0.1) is 19.8 Å². The zero-order valence-electron chi connectivity index (χ0n) is 19.5. The maximum absolute atomic E-state index is 12.7. The Balaban J connectivity index is 1.25. The minimum absolute atomic E-state index is 0.162. The third-order valence-corrected chi connectivity index (χ3v) is 8.70. The van der Waals surface area contributed by atoms with Crippen LogP contribution < -0.4 is 15.5 Å². The van der Waals surface area contributed by atoms with Crippen LogP contribution in [0.25, 0.3) is 0 Å². The zero-order chi connectivity index (χ0) is 23.4. The monoisotopic (exact) mass is 470 g/mol. The van der Waals surface area contributed by atoms with Gasteiger partial charge in [-0.25, -0.2) is 13.2 Å². The van der Waals surface area contributed by atoms with Gasteiger partial charge in [0, 0.05) is 44.1 Å². The first-order valence-electron chi connectivity index (χ1n) is 11.8. The van der Waals surface area contributed by atoms with E-state index in [0.717, 1.165) is 61.3 Å². The molecule has 8 heteroatoms. The molecule has 33 heavy (non-hydrogen) atoms. The lowest BCUT2D eigenvalue weighted by Gasteiger charge is -2.33. The molecule has 0 unspecified atom stereocenters. The van der Waals surface area contributed by atoms with Gasteiger partial charge in [0.05, 0.1) is 4.90 Å². The fourth-order valence-corrected chi connectivity index (χ4v) is 6.23.